The minimum Gasteiger partial charge on any atom is -0.389 e. The number of fused-ring (bicyclic) bond motifs is 1. The molecule has 104 valence electrons. The molecular formula is C11H15N3O3S2. The highest BCUT2D eigenvalue weighted by molar-refractivity contribution is 7.89. The average Bonchev–Trinajstić information content (AvgIpc) is 2.70. The topological polar surface area (TPSA) is 96.4 Å². The molecule has 0 aliphatic carbocycles. The van der Waals surface area contributed by atoms with Gasteiger partial charge in [0.2, 0.25) is 10.0 Å². The Morgan fingerprint density at radius 3 is 2.95 bits per heavy atom. The van der Waals surface area contributed by atoms with Crippen LogP contribution in [0.4, 0.5) is 5.00 Å². The Labute approximate surface area is 116 Å². The molecule has 6 nitrogen and oxygen atoms in total. The first-order valence-corrected chi connectivity index (χ1v) is 8.19. The lowest BCUT2D eigenvalue weighted by atomic mass is 10.1. The average molecular weight is 301 g/mol. The van der Waals surface area contributed by atoms with E-state index in [1.165, 1.54) is 22.8 Å². The molecule has 0 radical (unpaired) electrons. The highest BCUT2D eigenvalue weighted by atomic mass is 32.2. The van der Waals surface area contributed by atoms with Crippen molar-refractivity contribution < 1.29 is 13.2 Å². The second kappa shape index (κ2) is 5.46. The van der Waals surface area contributed by atoms with Crippen molar-refractivity contribution in [2.45, 2.75) is 13.0 Å². The Balaban J connectivity index is 2.22. The Bertz CT molecular complexity index is 616. The molecule has 0 saturated heterocycles. The Kier molecular flexibility index (Phi) is 4.10. The second-order valence-corrected chi connectivity index (χ2v) is 7.47. The zero-order valence-electron chi connectivity index (χ0n) is 10.5. The summed E-state index contributed by atoms with van der Waals surface area (Å²) in [5, 5.41) is 9.51. The minimum atomic E-state index is -3.31. The zero-order valence-corrected chi connectivity index (χ0v) is 12.2. The van der Waals surface area contributed by atoms with Crippen molar-refractivity contribution >= 4 is 26.4 Å². The van der Waals surface area contributed by atoms with Crippen molar-refractivity contribution in [3.63, 3.8) is 0 Å². The van der Waals surface area contributed by atoms with E-state index in [0.717, 1.165) is 10.4 Å². The SMILES string of the molecule is COCCS(=O)(=O)N1CCc2c(sc(N)c2C#N)C1. The van der Waals surface area contributed by atoms with E-state index in [1.54, 1.807) is 0 Å². The van der Waals surface area contributed by atoms with Gasteiger partial charge in [-0.05, 0) is 12.0 Å². The Morgan fingerprint density at radius 2 is 2.32 bits per heavy atom. The van der Waals surface area contributed by atoms with Gasteiger partial charge in [0.1, 0.15) is 11.1 Å². The molecule has 1 aliphatic heterocycles. The molecule has 0 aromatic carbocycles. The summed E-state index contributed by atoms with van der Waals surface area (Å²) in [5.41, 5.74) is 7.19. The third-order valence-electron chi connectivity index (χ3n) is 3.10. The molecule has 1 aromatic rings. The van der Waals surface area contributed by atoms with Crippen LogP contribution in [0, 0.1) is 11.3 Å². The van der Waals surface area contributed by atoms with E-state index >= 15 is 0 Å². The molecule has 0 fully saturated rings. The Morgan fingerprint density at radius 1 is 1.58 bits per heavy atom. The van der Waals surface area contributed by atoms with Gasteiger partial charge in [-0.25, -0.2) is 8.42 Å². The van der Waals surface area contributed by atoms with Crippen LogP contribution in [0.2, 0.25) is 0 Å². The van der Waals surface area contributed by atoms with Crippen LogP contribution < -0.4 is 5.73 Å². The summed E-state index contributed by atoms with van der Waals surface area (Å²) in [4.78, 5) is 0.876. The number of ether oxygens (including phenoxy) is 1. The van der Waals surface area contributed by atoms with Crippen molar-refractivity contribution in [1.29, 1.82) is 5.26 Å². The maximum atomic E-state index is 12.1. The van der Waals surface area contributed by atoms with Gasteiger partial charge in [0.15, 0.2) is 0 Å². The third kappa shape index (κ3) is 2.74. The number of nitrogens with zero attached hydrogens (tertiary/aromatic N) is 2. The number of sulfonamides is 1. The molecule has 2 N–H and O–H groups in total. The number of methoxy groups -OCH3 is 1. The largest absolute Gasteiger partial charge is 0.389 e. The summed E-state index contributed by atoms with van der Waals surface area (Å²) in [5.74, 6) is -0.0230. The van der Waals surface area contributed by atoms with Gasteiger partial charge in [-0.3, -0.25) is 0 Å². The maximum absolute atomic E-state index is 12.1. The van der Waals surface area contributed by atoms with E-state index in [1.807, 2.05) is 0 Å². The summed E-state index contributed by atoms with van der Waals surface area (Å²) in [6.07, 6.45) is 0.540. The van der Waals surface area contributed by atoms with Crippen LogP contribution in [0.25, 0.3) is 0 Å². The van der Waals surface area contributed by atoms with E-state index in [-0.39, 0.29) is 12.4 Å². The Hall–Kier alpha value is -1.14. The summed E-state index contributed by atoms with van der Waals surface area (Å²) in [6, 6.07) is 2.09. The van der Waals surface area contributed by atoms with Gasteiger partial charge in [0.05, 0.1) is 17.9 Å². The van der Waals surface area contributed by atoms with Crippen LogP contribution >= 0.6 is 11.3 Å². The van der Waals surface area contributed by atoms with Crippen molar-refractivity contribution in [2.75, 3.05) is 31.7 Å². The van der Waals surface area contributed by atoms with Crippen molar-refractivity contribution in [1.82, 2.24) is 4.31 Å². The van der Waals surface area contributed by atoms with E-state index in [9.17, 15) is 8.42 Å². The molecule has 0 bridgehead atoms. The lowest BCUT2D eigenvalue weighted by Gasteiger charge is -2.26. The summed E-state index contributed by atoms with van der Waals surface area (Å²) < 4.78 is 30.4. The fourth-order valence-corrected chi connectivity index (χ4v) is 4.58. The van der Waals surface area contributed by atoms with Gasteiger partial charge in [-0.15, -0.1) is 11.3 Å². The summed E-state index contributed by atoms with van der Waals surface area (Å²) in [7, 11) is -1.83. The number of thiophene rings is 1. The summed E-state index contributed by atoms with van der Waals surface area (Å²) in [6.45, 7) is 0.879. The molecule has 1 aromatic heterocycles. The first kappa shape index (κ1) is 14.3. The molecular weight excluding hydrogens is 286 g/mol. The van der Waals surface area contributed by atoms with Crippen molar-refractivity contribution in [3.8, 4) is 6.07 Å². The lowest BCUT2D eigenvalue weighted by molar-refractivity contribution is 0.215. The lowest BCUT2D eigenvalue weighted by Crippen LogP contribution is -2.37. The number of anilines is 1. The van der Waals surface area contributed by atoms with Crippen LogP contribution in [0.3, 0.4) is 0 Å². The van der Waals surface area contributed by atoms with Crippen molar-refractivity contribution in [2.24, 2.45) is 0 Å². The molecule has 0 spiro atoms. The molecule has 0 atom stereocenters. The minimum absolute atomic E-state index is 0.0230. The fraction of sp³-hybridized carbons (Fsp3) is 0.545. The number of rotatable bonds is 4. The zero-order chi connectivity index (χ0) is 14.0. The van der Waals surface area contributed by atoms with Crippen LogP contribution in [0.15, 0.2) is 0 Å². The molecule has 8 heteroatoms. The first-order chi connectivity index (χ1) is 8.99. The van der Waals surface area contributed by atoms with Crippen LogP contribution in [0.1, 0.15) is 16.0 Å². The smallest absolute Gasteiger partial charge is 0.216 e. The number of nitrogens with two attached hydrogens (primary N) is 1. The molecule has 0 saturated carbocycles. The van der Waals surface area contributed by atoms with Crippen molar-refractivity contribution in [3.05, 3.63) is 16.0 Å². The predicted octanol–water partition coefficient (Wildman–Crippen LogP) is 0.536. The van der Waals surface area contributed by atoms with Gasteiger partial charge in [0.25, 0.3) is 0 Å². The van der Waals surface area contributed by atoms with E-state index in [0.29, 0.717) is 30.1 Å². The maximum Gasteiger partial charge on any atom is 0.216 e. The quantitative estimate of drug-likeness (QED) is 0.875. The molecule has 1 aliphatic rings. The standard InChI is InChI=1S/C11H15N3O3S2/c1-17-4-5-19(15,16)14-3-2-8-9(6-12)11(13)18-10(8)7-14/h2-5,7,13H2,1H3. The van der Waals surface area contributed by atoms with Crippen LogP contribution in [-0.4, -0.2) is 38.7 Å². The number of nitrogen functional groups attached to an aromatic ring is 1. The molecule has 2 rings (SSSR count). The molecule has 2 heterocycles. The highest BCUT2D eigenvalue weighted by Gasteiger charge is 2.29. The normalized spacial score (nSPS) is 16.0. The molecule has 0 amide bonds. The van der Waals surface area contributed by atoms with Crippen LogP contribution in [0.5, 0.6) is 0 Å². The predicted molar refractivity (Wildman–Crippen MR) is 73.2 cm³/mol. The highest BCUT2D eigenvalue weighted by Crippen LogP contribution is 2.35. The second-order valence-electron chi connectivity index (χ2n) is 4.25. The van der Waals surface area contributed by atoms with Gasteiger partial charge in [-0.2, -0.15) is 9.57 Å². The van der Waals surface area contributed by atoms with Crippen LogP contribution in [-0.2, 0) is 27.7 Å². The first-order valence-electron chi connectivity index (χ1n) is 5.76. The molecule has 0 unspecified atom stereocenters. The van der Waals surface area contributed by atoms with E-state index < -0.39 is 10.0 Å². The van der Waals surface area contributed by atoms with Gasteiger partial charge in [-0.1, -0.05) is 0 Å². The van der Waals surface area contributed by atoms with E-state index in [4.69, 9.17) is 15.7 Å². The van der Waals surface area contributed by atoms with Gasteiger partial charge >= 0.3 is 0 Å². The number of hydrogen-bond donors (Lipinski definition) is 1. The fourth-order valence-electron chi connectivity index (χ4n) is 2.08. The number of hydrogen-bond acceptors (Lipinski definition) is 6. The van der Waals surface area contributed by atoms with Gasteiger partial charge < -0.3 is 10.5 Å². The monoisotopic (exact) mass is 301 g/mol. The van der Waals surface area contributed by atoms with Gasteiger partial charge in [0, 0.05) is 25.1 Å². The summed E-state index contributed by atoms with van der Waals surface area (Å²) >= 11 is 1.30. The van der Waals surface area contributed by atoms with E-state index in [2.05, 4.69) is 6.07 Å². The third-order valence-corrected chi connectivity index (χ3v) is 5.93. The molecule has 19 heavy (non-hydrogen) atoms. The number of nitriles is 1.